The van der Waals surface area contributed by atoms with Crippen LogP contribution in [0, 0.1) is 11.8 Å². The van der Waals surface area contributed by atoms with Crippen molar-refractivity contribution in [2.75, 3.05) is 18.4 Å². The van der Waals surface area contributed by atoms with Gasteiger partial charge in [-0.2, -0.15) is 0 Å². The van der Waals surface area contributed by atoms with Crippen LogP contribution in [0.5, 0.6) is 11.5 Å². The number of nitrogens with one attached hydrogen (secondary N) is 2. The molecule has 0 radical (unpaired) electrons. The fourth-order valence-electron chi connectivity index (χ4n) is 2.70. The zero-order valence-corrected chi connectivity index (χ0v) is 12.0. The number of hydrogen-bond acceptors (Lipinski definition) is 4. The minimum absolute atomic E-state index is 0.0249. The molecule has 1 saturated heterocycles. The van der Waals surface area contributed by atoms with Crippen molar-refractivity contribution in [1.82, 2.24) is 5.32 Å². The van der Waals surface area contributed by atoms with Gasteiger partial charge in [-0.3, -0.25) is 4.79 Å². The molecule has 1 amide bonds. The second-order valence-electron chi connectivity index (χ2n) is 6.00. The lowest BCUT2D eigenvalue weighted by Crippen LogP contribution is -2.29. The highest BCUT2D eigenvalue weighted by Gasteiger charge is 2.33. The standard InChI is InChI=1S/C15H20N2O3/c1-9-7-16-8-11(9)14(18)17-10-4-5-12-13(6-10)20-15(2,3)19-12/h4-6,9,11,16H,7-8H2,1-3H3,(H,17,18)/t9-,11-/m1/s1. The number of fused-ring (bicyclic) bond motifs is 1. The molecule has 0 spiro atoms. The SMILES string of the molecule is C[C@@H]1CNC[C@H]1C(=O)Nc1ccc2c(c1)OC(C)(C)O2. The van der Waals surface area contributed by atoms with Crippen LogP contribution in [0.15, 0.2) is 18.2 Å². The first kappa shape index (κ1) is 13.2. The van der Waals surface area contributed by atoms with Crippen molar-refractivity contribution in [1.29, 1.82) is 0 Å². The lowest BCUT2D eigenvalue weighted by atomic mass is 9.97. The molecule has 3 rings (SSSR count). The molecule has 0 unspecified atom stereocenters. The molecule has 2 aliphatic heterocycles. The molecule has 2 N–H and O–H groups in total. The molecule has 0 bridgehead atoms. The summed E-state index contributed by atoms with van der Waals surface area (Å²) < 4.78 is 11.3. The van der Waals surface area contributed by atoms with Gasteiger partial charge in [0.15, 0.2) is 11.5 Å². The van der Waals surface area contributed by atoms with Crippen molar-refractivity contribution in [2.24, 2.45) is 11.8 Å². The Kier molecular flexibility index (Phi) is 3.09. The largest absolute Gasteiger partial charge is 0.449 e. The van der Waals surface area contributed by atoms with Gasteiger partial charge in [0, 0.05) is 32.1 Å². The average molecular weight is 276 g/mol. The first-order chi connectivity index (χ1) is 9.44. The van der Waals surface area contributed by atoms with Crippen LogP contribution in [0.2, 0.25) is 0 Å². The third kappa shape index (κ3) is 2.45. The molecule has 2 heterocycles. The van der Waals surface area contributed by atoms with Crippen molar-refractivity contribution < 1.29 is 14.3 Å². The van der Waals surface area contributed by atoms with E-state index in [1.807, 2.05) is 32.0 Å². The van der Waals surface area contributed by atoms with Crippen molar-refractivity contribution in [3.05, 3.63) is 18.2 Å². The van der Waals surface area contributed by atoms with Crippen molar-refractivity contribution >= 4 is 11.6 Å². The van der Waals surface area contributed by atoms with Gasteiger partial charge in [-0.1, -0.05) is 6.92 Å². The van der Waals surface area contributed by atoms with E-state index in [4.69, 9.17) is 9.47 Å². The third-order valence-corrected chi connectivity index (χ3v) is 3.78. The van der Waals surface area contributed by atoms with Crippen LogP contribution in [0.25, 0.3) is 0 Å². The summed E-state index contributed by atoms with van der Waals surface area (Å²) in [5.74, 6) is 1.18. The van der Waals surface area contributed by atoms with E-state index in [1.165, 1.54) is 0 Å². The Bertz CT molecular complexity index is 542. The lowest BCUT2D eigenvalue weighted by molar-refractivity contribution is -0.120. The van der Waals surface area contributed by atoms with E-state index in [0.29, 0.717) is 17.4 Å². The minimum Gasteiger partial charge on any atom is -0.449 e. The predicted molar refractivity (Wildman–Crippen MR) is 75.9 cm³/mol. The number of amides is 1. The summed E-state index contributed by atoms with van der Waals surface area (Å²) in [5.41, 5.74) is 0.745. The molecule has 5 heteroatoms. The van der Waals surface area contributed by atoms with E-state index in [9.17, 15) is 4.79 Å². The molecular formula is C15H20N2O3. The van der Waals surface area contributed by atoms with E-state index < -0.39 is 5.79 Å². The quantitative estimate of drug-likeness (QED) is 0.867. The fourth-order valence-corrected chi connectivity index (χ4v) is 2.70. The first-order valence-corrected chi connectivity index (χ1v) is 6.98. The normalized spacial score (nSPS) is 26.6. The maximum Gasteiger partial charge on any atom is 0.246 e. The Morgan fingerprint density at radius 3 is 2.75 bits per heavy atom. The number of rotatable bonds is 2. The molecule has 1 aromatic carbocycles. The number of hydrogen-bond donors (Lipinski definition) is 2. The summed E-state index contributed by atoms with van der Waals surface area (Å²) in [6.45, 7) is 7.44. The smallest absolute Gasteiger partial charge is 0.246 e. The van der Waals surface area contributed by atoms with E-state index in [0.717, 1.165) is 18.8 Å². The molecule has 5 nitrogen and oxygen atoms in total. The Morgan fingerprint density at radius 2 is 2.05 bits per heavy atom. The number of benzene rings is 1. The summed E-state index contributed by atoms with van der Waals surface area (Å²) in [4.78, 5) is 12.2. The lowest BCUT2D eigenvalue weighted by Gasteiger charge is -2.16. The topological polar surface area (TPSA) is 59.6 Å². The van der Waals surface area contributed by atoms with Crippen LogP contribution < -0.4 is 20.1 Å². The van der Waals surface area contributed by atoms with Crippen LogP contribution in [0.1, 0.15) is 20.8 Å². The molecule has 20 heavy (non-hydrogen) atoms. The summed E-state index contributed by atoms with van der Waals surface area (Å²) >= 11 is 0. The molecule has 2 atom stereocenters. The van der Waals surface area contributed by atoms with E-state index in [-0.39, 0.29) is 11.8 Å². The Hall–Kier alpha value is -1.75. The molecule has 0 aromatic heterocycles. The van der Waals surface area contributed by atoms with Crippen molar-refractivity contribution in [2.45, 2.75) is 26.6 Å². The molecule has 1 fully saturated rings. The summed E-state index contributed by atoms with van der Waals surface area (Å²) in [6, 6.07) is 5.49. The van der Waals surface area contributed by atoms with Gasteiger partial charge in [-0.25, -0.2) is 0 Å². The zero-order chi connectivity index (χ0) is 14.3. The first-order valence-electron chi connectivity index (χ1n) is 6.98. The monoisotopic (exact) mass is 276 g/mol. The van der Waals surface area contributed by atoms with Crippen LogP contribution in [0.3, 0.4) is 0 Å². The van der Waals surface area contributed by atoms with Crippen molar-refractivity contribution in [3.8, 4) is 11.5 Å². The van der Waals surface area contributed by atoms with Crippen LogP contribution >= 0.6 is 0 Å². The Labute approximate surface area is 118 Å². The van der Waals surface area contributed by atoms with E-state index in [2.05, 4.69) is 17.6 Å². The zero-order valence-electron chi connectivity index (χ0n) is 12.0. The molecule has 108 valence electrons. The third-order valence-electron chi connectivity index (χ3n) is 3.78. The number of carbonyl (C=O) groups excluding carboxylic acids is 1. The molecule has 0 aliphatic carbocycles. The van der Waals surface area contributed by atoms with Gasteiger partial charge in [0.05, 0.1) is 5.92 Å². The van der Waals surface area contributed by atoms with Gasteiger partial charge in [0.1, 0.15) is 0 Å². The Morgan fingerprint density at radius 1 is 1.30 bits per heavy atom. The van der Waals surface area contributed by atoms with Gasteiger partial charge < -0.3 is 20.1 Å². The van der Waals surface area contributed by atoms with Crippen LogP contribution in [-0.2, 0) is 4.79 Å². The highest BCUT2D eigenvalue weighted by molar-refractivity contribution is 5.93. The second kappa shape index (κ2) is 4.66. The van der Waals surface area contributed by atoms with Gasteiger partial charge >= 0.3 is 0 Å². The van der Waals surface area contributed by atoms with Crippen molar-refractivity contribution in [3.63, 3.8) is 0 Å². The van der Waals surface area contributed by atoms with E-state index >= 15 is 0 Å². The summed E-state index contributed by atoms with van der Waals surface area (Å²) in [5, 5.41) is 6.19. The Balaban J connectivity index is 1.72. The molecular weight excluding hydrogens is 256 g/mol. The molecule has 2 aliphatic rings. The van der Waals surface area contributed by atoms with Gasteiger partial charge in [0.25, 0.3) is 0 Å². The molecule has 0 saturated carbocycles. The minimum atomic E-state index is -0.644. The van der Waals surface area contributed by atoms with Crippen LogP contribution in [-0.4, -0.2) is 24.8 Å². The summed E-state index contributed by atoms with van der Waals surface area (Å²) in [6.07, 6.45) is 0. The van der Waals surface area contributed by atoms with Gasteiger partial charge in [0.2, 0.25) is 11.7 Å². The highest BCUT2D eigenvalue weighted by atomic mass is 16.7. The van der Waals surface area contributed by atoms with Gasteiger partial charge in [-0.15, -0.1) is 0 Å². The number of ether oxygens (including phenoxy) is 2. The second-order valence-corrected chi connectivity index (χ2v) is 6.00. The average Bonchev–Trinajstić information content (AvgIpc) is 2.90. The van der Waals surface area contributed by atoms with Crippen LogP contribution in [0.4, 0.5) is 5.69 Å². The maximum atomic E-state index is 12.2. The summed E-state index contributed by atoms with van der Waals surface area (Å²) in [7, 11) is 0. The van der Waals surface area contributed by atoms with Gasteiger partial charge in [-0.05, 0) is 24.6 Å². The number of carbonyl (C=O) groups is 1. The van der Waals surface area contributed by atoms with E-state index in [1.54, 1.807) is 0 Å². The maximum absolute atomic E-state index is 12.2. The predicted octanol–water partition coefficient (Wildman–Crippen LogP) is 1.99. The fraction of sp³-hybridized carbons (Fsp3) is 0.533. The number of anilines is 1. The highest BCUT2D eigenvalue weighted by Crippen LogP contribution is 2.40. The molecule has 1 aromatic rings.